The van der Waals surface area contributed by atoms with E-state index in [1.165, 1.54) is 16.1 Å². The zero-order valence-electron chi connectivity index (χ0n) is 14.0. The Morgan fingerprint density at radius 3 is 2.58 bits per heavy atom. The van der Waals surface area contributed by atoms with Crippen molar-refractivity contribution in [2.45, 2.75) is 19.9 Å². The van der Waals surface area contributed by atoms with Gasteiger partial charge in [0.25, 0.3) is 0 Å². The summed E-state index contributed by atoms with van der Waals surface area (Å²) in [6, 6.07) is 7.97. The van der Waals surface area contributed by atoms with Crippen LogP contribution < -0.4 is 0 Å². The van der Waals surface area contributed by atoms with Gasteiger partial charge in [0, 0.05) is 25.2 Å². The molecule has 0 saturated carbocycles. The van der Waals surface area contributed by atoms with Crippen LogP contribution in [0.5, 0.6) is 0 Å². The maximum atomic E-state index is 11.7. The lowest BCUT2D eigenvalue weighted by atomic mass is 10.1. The Balaban J connectivity index is 1.63. The number of aromatic nitrogens is 2. The molecule has 0 spiro atoms. The molecule has 0 radical (unpaired) electrons. The fourth-order valence-corrected chi connectivity index (χ4v) is 3.64. The highest BCUT2D eigenvalue weighted by molar-refractivity contribution is 7.88. The summed E-state index contributed by atoms with van der Waals surface area (Å²) in [5.41, 5.74) is 2.11. The Morgan fingerprint density at radius 2 is 1.88 bits per heavy atom. The van der Waals surface area contributed by atoms with Gasteiger partial charge in [-0.2, -0.15) is 4.98 Å². The Bertz CT molecular complexity index is 786. The first-order valence-electron chi connectivity index (χ1n) is 7.99. The van der Waals surface area contributed by atoms with Crippen molar-refractivity contribution in [3.05, 3.63) is 35.7 Å². The van der Waals surface area contributed by atoms with E-state index in [4.69, 9.17) is 4.52 Å². The van der Waals surface area contributed by atoms with Gasteiger partial charge < -0.3 is 4.52 Å². The average molecular weight is 350 g/mol. The fraction of sp³-hybridized carbons (Fsp3) is 0.500. The van der Waals surface area contributed by atoms with Gasteiger partial charge >= 0.3 is 0 Å². The van der Waals surface area contributed by atoms with Crippen LogP contribution in [-0.2, 0) is 16.6 Å². The molecule has 24 heavy (non-hydrogen) atoms. The molecule has 0 amide bonds. The van der Waals surface area contributed by atoms with Crippen LogP contribution in [0.3, 0.4) is 0 Å². The number of benzene rings is 1. The molecule has 1 saturated heterocycles. The number of sulfonamides is 1. The van der Waals surface area contributed by atoms with E-state index in [2.05, 4.69) is 15.0 Å². The predicted octanol–water partition coefficient (Wildman–Crippen LogP) is 1.51. The number of rotatable bonds is 4. The first-order valence-corrected chi connectivity index (χ1v) is 9.84. The highest BCUT2D eigenvalue weighted by Gasteiger charge is 2.22. The lowest BCUT2D eigenvalue weighted by molar-refractivity contribution is 0.236. The van der Waals surface area contributed by atoms with E-state index >= 15 is 0 Å². The Morgan fingerprint density at radius 1 is 1.12 bits per heavy atom. The minimum atomic E-state index is -3.13. The van der Waals surface area contributed by atoms with Crippen LogP contribution in [0.2, 0.25) is 0 Å². The summed E-state index contributed by atoms with van der Waals surface area (Å²) in [7, 11) is -3.13. The van der Waals surface area contributed by atoms with Gasteiger partial charge in [0.15, 0.2) is 0 Å². The molecule has 7 nitrogen and oxygen atoms in total. The summed E-state index contributed by atoms with van der Waals surface area (Å²) in [6.45, 7) is 5.11. The Kier molecular flexibility index (Phi) is 4.98. The van der Waals surface area contributed by atoms with E-state index in [1.807, 2.05) is 31.2 Å². The van der Waals surface area contributed by atoms with Crippen LogP contribution in [-0.4, -0.2) is 60.2 Å². The smallest absolute Gasteiger partial charge is 0.241 e. The third-order valence-electron chi connectivity index (χ3n) is 4.15. The van der Waals surface area contributed by atoms with Crippen molar-refractivity contribution in [1.82, 2.24) is 19.3 Å². The van der Waals surface area contributed by atoms with Gasteiger partial charge in [-0.1, -0.05) is 35.0 Å². The molecule has 1 aliphatic rings. The molecular weight excluding hydrogens is 328 g/mol. The van der Waals surface area contributed by atoms with Gasteiger partial charge in [0.1, 0.15) is 0 Å². The van der Waals surface area contributed by atoms with E-state index < -0.39 is 10.0 Å². The molecule has 0 aliphatic carbocycles. The molecule has 0 atom stereocenters. The molecule has 1 fully saturated rings. The molecule has 1 aromatic carbocycles. The third-order valence-corrected chi connectivity index (χ3v) is 5.46. The second kappa shape index (κ2) is 7.00. The first kappa shape index (κ1) is 17.1. The zero-order valence-corrected chi connectivity index (χ0v) is 14.8. The summed E-state index contributed by atoms with van der Waals surface area (Å²) in [5.74, 6) is 1.14. The highest BCUT2D eigenvalue weighted by Crippen LogP contribution is 2.17. The molecule has 1 aliphatic heterocycles. The van der Waals surface area contributed by atoms with Crippen molar-refractivity contribution in [2.75, 3.05) is 32.4 Å². The Hall–Kier alpha value is -1.77. The maximum absolute atomic E-state index is 11.7. The van der Waals surface area contributed by atoms with Crippen molar-refractivity contribution in [3.8, 4) is 11.4 Å². The number of hydrogen-bond donors (Lipinski definition) is 0. The third kappa shape index (κ3) is 4.19. The highest BCUT2D eigenvalue weighted by atomic mass is 32.2. The molecule has 2 aromatic rings. The van der Waals surface area contributed by atoms with E-state index in [9.17, 15) is 8.42 Å². The van der Waals surface area contributed by atoms with E-state index in [1.54, 1.807) is 0 Å². The second-order valence-electron chi connectivity index (χ2n) is 6.17. The second-order valence-corrected chi connectivity index (χ2v) is 8.15. The normalized spacial score (nSPS) is 17.8. The van der Waals surface area contributed by atoms with E-state index in [-0.39, 0.29) is 0 Å². The average Bonchev–Trinajstić information content (AvgIpc) is 2.84. The molecule has 0 N–H and O–H groups in total. The van der Waals surface area contributed by atoms with Crippen LogP contribution in [0.1, 0.15) is 17.9 Å². The lowest BCUT2D eigenvalue weighted by Crippen LogP contribution is -2.34. The number of nitrogens with zero attached hydrogens (tertiary/aromatic N) is 4. The van der Waals surface area contributed by atoms with E-state index in [0.29, 0.717) is 37.9 Å². The van der Waals surface area contributed by atoms with Crippen molar-refractivity contribution in [3.63, 3.8) is 0 Å². The molecule has 0 unspecified atom stereocenters. The summed E-state index contributed by atoms with van der Waals surface area (Å²) in [5, 5.41) is 4.04. The molecular formula is C16H22N4O3S. The minimum Gasteiger partial charge on any atom is -0.338 e. The molecule has 1 aromatic heterocycles. The number of hydrogen-bond acceptors (Lipinski definition) is 6. The first-order chi connectivity index (χ1) is 11.4. The van der Waals surface area contributed by atoms with Crippen LogP contribution >= 0.6 is 0 Å². The van der Waals surface area contributed by atoms with Crippen LogP contribution in [0.25, 0.3) is 11.4 Å². The Labute approximate surface area is 142 Å². The molecule has 8 heteroatoms. The van der Waals surface area contributed by atoms with Gasteiger partial charge in [-0.05, 0) is 19.9 Å². The standard InChI is InChI=1S/C16H22N4O3S/c1-13-4-6-14(7-5-13)16-17-15(23-18-16)12-19-8-3-9-20(11-10-19)24(2,21)22/h4-7H,3,8-12H2,1-2H3. The molecule has 0 bridgehead atoms. The molecule has 2 heterocycles. The van der Waals surface area contributed by atoms with E-state index in [0.717, 1.165) is 18.5 Å². The van der Waals surface area contributed by atoms with Crippen LogP contribution in [0.15, 0.2) is 28.8 Å². The van der Waals surface area contributed by atoms with Crippen LogP contribution in [0.4, 0.5) is 0 Å². The molecule has 130 valence electrons. The topological polar surface area (TPSA) is 79.5 Å². The fourth-order valence-electron chi connectivity index (χ4n) is 2.77. The summed E-state index contributed by atoms with van der Waals surface area (Å²) < 4.78 is 30.2. The van der Waals surface area contributed by atoms with Crippen molar-refractivity contribution in [1.29, 1.82) is 0 Å². The summed E-state index contributed by atoms with van der Waals surface area (Å²) >= 11 is 0. The number of aryl methyl sites for hydroxylation is 1. The van der Waals surface area contributed by atoms with Gasteiger partial charge in [-0.15, -0.1) is 0 Å². The monoisotopic (exact) mass is 350 g/mol. The summed E-state index contributed by atoms with van der Waals surface area (Å²) in [4.78, 5) is 6.60. The predicted molar refractivity (Wildman–Crippen MR) is 90.8 cm³/mol. The minimum absolute atomic E-state index is 0.498. The largest absolute Gasteiger partial charge is 0.338 e. The zero-order chi connectivity index (χ0) is 17.2. The van der Waals surface area contributed by atoms with Crippen molar-refractivity contribution < 1.29 is 12.9 Å². The van der Waals surface area contributed by atoms with Crippen molar-refractivity contribution in [2.24, 2.45) is 0 Å². The lowest BCUT2D eigenvalue weighted by Gasteiger charge is -2.18. The summed E-state index contributed by atoms with van der Waals surface area (Å²) in [6.07, 6.45) is 2.06. The van der Waals surface area contributed by atoms with Crippen molar-refractivity contribution >= 4 is 10.0 Å². The molecule has 3 rings (SSSR count). The van der Waals surface area contributed by atoms with Gasteiger partial charge in [-0.25, -0.2) is 12.7 Å². The van der Waals surface area contributed by atoms with Gasteiger partial charge in [-0.3, -0.25) is 4.90 Å². The SMILES string of the molecule is Cc1ccc(-c2noc(CN3CCCN(S(C)(=O)=O)CC3)n2)cc1. The maximum Gasteiger partial charge on any atom is 0.241 e. The van der Waals surface area contributed by atoms with Gasteiger partial charge in [0.05, 0.1) is 12.8 Å². The quantitative estimate of drug-likeness (QED) is 0.832. The van der Waals surface area contributed by atoms with Crippen LogP contribution in [0, 0.1) is 6.92 Å². The van der Waals surface area contributed by atoms with Gasteiger partial charge in [0.2, 0.25) is 21.7 Å².